The van der Waals surface area contributed by atoms with E-state index >= 15 is 0 Å². The van der Waals surface area contributed by atoms with E-state index in [4.69, 9.17) is 14.2 Å². The number of carbonyl (C=O) groups is 1. The van der Waals surface area contributed by atoms with Crippen molar-refractivity contribution in [3.8, 4) is 11.5 Å². The van der Waals surface area contributed by atoms with Gasteiger partial charge in [-0.3, -0.25) is 0 Å². The lowest BCUT2D eigenvalue weighted by molar-refractivity contribution is -0.130. The summed E-state index contributed by atoms with van der Waals surface area (Å²) in [5.74, 6) is 1.19. The summed E-state index contributed by atoms with van der Waals surface area (Å²) in [6, 6.07) is 13.4. The maximum absolute atomic E-state index is 12.1. The topological polar surface area (TPSA) is 60.4 Å². The molecule has 140 valence electrons. The van der Waals surface area contributed by atoms with Gasteiger partial charge in [-0.15, -0.1) is 0 Å². The van der Waals surface area contributed by atoms with Gasteiger partial charge in [0.05, 0.1) is 14.2 Å². The third kappa shape index (κ3) is 4.28. The van der Waals surface area contributed by atoms with Gasteiger partial charge in [0, 0.05) is 26.2 Å². The van der Waals surface area contributed by atoms with Crippen LogP contribution in [0.2, 0.25) is 0 Å². The zero-order valence-corrected chi connectivity index (χ0v) is 15.9. The van der Waals surface area contributed by atoms with E-state index in [1.54, 1.807) is 20.3 Å². The van der Waals surface area contributed by atoms with Crippen LogP contribution in [0.5, 0.6) is 11.5 Å². The van der Waals surface area contributed by atoms with Gasteiger partial charge in [0.1, 0.15) is 0 Å². The summed E-state index contributed by atoms with van der Waals surface area (Å²) < 4.78 is 15.8. The number of nitrogens with zero attached hydrogens (tertiary/aromatic N) is 2. The van der Waals surface area contributed by atoms with Crippen LogP contribution in [0, 0.1) is 0 Å². The third-order valence-electron chi connectivity index (χ3n) is 4.18. The average Bonchev–Trinajstić information content (AvgIpc) is 3.00. The van der Waals surface area contributed by atoms with E-state index in [-0.39, 0.29) is 0 Å². The molecular formula is C21H22N2O4. The molecule has 27 heavy (non-hydrogen) atoms. The maximum Gasteiger partial charge on any atom is 0.363 e. The van der Waals surface area contributed by atoms with Gasteiger partial charge in [0.25, 0.3) is 0 Å². The molecule has 0 unspecified atom stereocenters. The van der Waals surface area contributed by atoms with Crippen molar-refractivity contribution in [1.82, 2.24) is 0 Å². The molecule has 3 rings (SSSR count). The van der Waals surface area contributed by atoms with Gasteiger partial charge in [0.2, 0.25) is 5.90 Å². The fourth-order valence-electron chi connectivity index (χ4n) is 2.72. The Kier molecular flexibility index (Phi) is 5.45. The van der Waals surface area contributed by atoms with Gasteiger partial charge in [-0.25, -0.2) is 9.79 Å². The lowest BCUT2D eigenvalue weighted by Gasteiger charge is -2.11. The summed E-state index contributed by atoms with van der Waals surface area (Å²) in [4.78, 5) is 18.5. The number of aliphatic imine (C=N–C) groups is 1. The molecule has 1 aliphatic heterocycles. The first kappa shape index (κ1) is 18.5. The van der Waals surface area contributed by atoms with E-state index in [9.17, 15) is 4.79 Å². The van der Waals surface area contributed by atoms with E-state index < -0.39 is 5.97 Å². The molecular weight excluding hydrogens is 344 g/mol. The predicted molar refractivity (Wildman–Crippen MR) is 106 cm³/mol. The highest BCUT2D eigenvalue weighted by Crippen LogP contribution is 2.28. The number of methoxy groups -OCH3 is 2. The molecule has 1 aliphatic rings. The number of benzene rings is 2. The zero-order valence-electron chi connectivity index (χ0n) is 15.9. The Labute approximate surface area is 158 Å². The number of anilines is 1. The van der Waals surface area contributed by atoms with Crippen LogP contribution in [0.4, 0.5) is 5.69 Å². The Morgan fingerprint density at radius 2 is 1.74 bits per heavy atom. The van der Waals surface area contributed by atoms with Gasteiger partial charge in [0.15, 0.2) is 17.2 Å². The minimum atomic E-state index is -0.442. The maximum atomic E-state index is 12.1. The number of ether oxygens (including phenoxy) is 3. The first-order chi connectivity index (χ1) is 13.0. The Morgan fingerprint density at radius 1 is 1.04 bits per heavy atom. The minimum absolute atomic E-state index is 0.295. The largest absolute Gasteiger partial charge is 0.493 e. The van der Waals surface area contributed by atoms with Gasteiger partial charge in [-0.1, -0.05) is 18.2 Å². The minimum Gasteiger partial charge on any atom is -0.493 e. The van der Waals surface area contributed by atoms with E-state index in [2.05, 4.69) is 4.99 Å². The van der Waals surface area contributed by atoms with Crippen molar-refractivity contribution in [3.05, 3.63) is 59.3 Å². The van der Waals surface area contributed by atoms with Crippen molar-refractivity contribution >= 4 is 23.6 Å². The van der Waals surface area contributed by atoms with Gasteiger partial charge < -0.3 is 19.1 Å². The van der Waals surface area contributed by atoms with E-state index in [0.717, 1.165) is 16.8 Å². The van der Waals surface area contributed by atoms with Crippen molar-refractivity contribution in [2.45, 2.75) is 6.42 Å². The summed E-state index contributed by atoms with van der Waals surface area (Å²) >= 11 is 0. The molecule has 0 spiro atoms. The first-order valence-corrected chi connectivity index (χ1v) is 8.50. The molecule has 0 atom stereocenters. The van der Waals surface area contributed by atoms with Crippen LogP contribution in [0.1, 0.15) is 11.1 Å². The molecule has 0 saturated carbocycles. The standard InChI is InChI=1S/C21H22N2O4/c1-23(2)16-8-5-14(6-9-16)11-17-21(24)27-20(22-17)13-15-7-10-18(25-3)19(12-15)26-4/h5-12H,13H2,1-4H3/b17-11+. The van der Waals surface area contributed by atoms with Gasteiger partial charge in [-0.05, 0) is 41.5 Å². The summed E-state index contributed by atoms with van der Waals surface area (Å²) in [5, 5.41) is 0. The molecule has 0 fully saturated rings. The van der Waals surface area contributed by atoms with Crippen LogP contribution in [-0.2, 0) is 16.0 Å². The molecule has 0 radical (unpaired) electrons. The van der Waals surface area contributed by atoms with Gasteiger partial charge >= 0.3 is 5.97 Å². The van der Waals surface area contributed by atoms with Crippen molar-refractivity contribution in [1.29, 1.82) is 0 Å². The smallest absolute Gasteiger partial charge is 0.363 e. The van der Waals surface area contributed by atoms with Crippen LogP contribution < -0.4 is 14.4 Å². The molecule has 0 aliphatic carbocycles. The zero-order chi connectivity index (χ0) is 19.4. The molecule has 6 nitrogen and oxygen atoms in total. The highest BCUT2D eigenvalue weighted by Gasteiger charge is 2.23. The molecule has 2 aromatic rings. The molecule has 0 aromatic heterocycles. The lowest BCUT2D eigenvalue weighted by Crippen LogP contribution is -2.08. The van der Waals surface area contributed by atoms with Crippen molar-refractivity contribution in [2.24, 2.45) is 4.99 Å². The molecule has 6 heteroatoms. The van der Waals surface area contributed by atoms with Crippen LogP contribution in [-0.4, -0.2) is 40.2 Å². The fraction of sp³-hybridized carbons (Fsp3) is 0.238. The van der Waals surface area contributed by atoms with Crippen LogP contribution >= 0.6 is 0 Å². The molecule has 2 aromatic carbocycles. The number of cyclic esters (lactones) is 1. The van der Waals surface area contributed by atoms with E-state index in [0.29, 0.717) is 29.5 Å². The fourth-order valence-corrected chi connectivity index (χ4v) is 2.72. The molecule has 0 saturated heterocycles. The SMILES string of the molecule is COc1ccc(CC2=N/C(=C/c3ccc(N(C)C)cc3)C(=O)O2)cc1OC. The van der Waals surface area contributed by atoms with E-state index in [1.807, 2.05) is 61.5 Å². The highest BCUT2D eigenvalue weighted by molar-refractivity contribution is 6.07. The van der Waals surface area contributed by atoms with E-state index in [1.165, 1.54) is 0 Å². The number of esters is 1. The molecule has 0 N–H and O–H groups in total. The normalized spacial score (nSPS) is 14.7. The second kappa shape index (κ2) is 7.95. The van der Waals surface area contributed by atoms with Crippen LogP contribution in [0.3, 0.4) is 0 Å². The average molecular weight is 366 g/mol. The highest BCUT2D eigenvalue weighted by atomic mass is 16.6. The Morgan fingerprint density at radius 3 is 2.37 bits per heavy atom. The number of carbonyl (C=O) groups excluding carboxylic acids is 1. The predicted octanol–water partition coefficient (Wildman–Crippen LogP) is 3.31. The molecule has 0 bridgehead atoms. The molecule has 0 amide bonds. The van der Waals surface area contributed by atoms with Gasteiger partial charge in [-0.2, -0.15) is 0 Å². The summed E-state index contributed by atoms with van der Waals surface area (Å²) in [7, 11) is 7.12. The summed E-state index contributed by atoms with van der Waals surface area (Å²) in [6.45, 7) is 0. The number of hydrogen-bond acceptors (Lipinski definition) is 6. The van der Waals surface area contributed by atoms with Crippen molar-refractivity contribution < 1.29 is 19.0 Å². The quantitative estimate of drug-likeness (QED) is 0.580. The van der Waals surface area contributed by atoms with Crippen molar-refractivity contribution in [3.63, 3.8) is 0 Å². The number of rotatable bonds is 6. The lowest BCUT2D eigenvalue weighted by atomic mass is 10.1. The molecule has 1 heterocycles. The Bertz CT molecular complexity index is 899. The summed E-state index contributed by atoms with van der Waals surface area (Å²) in [6.07, 6.45) is 2.12. The number of hydrogen-bond donors (Lipinski definition) is 0. The van der Waals surface area contributed by atoms with Crippen LogP contribution in [0.15, 0.2) is 53.2 Å². The second-order valence-corrected chi connectivity index (χ2v) is 6.28. The Hall–Kier alpha value is -3.28. The second-order valence-electron chi connectivity index (χ2n) is 6.28. The first-order valence-electron chi connectivity index (χ1n) is 8.50. The third-order valence-corrected chi connectivity index (χ3v) is 4.18. The van der Waals surface area contributed by atoms with Crippen molar-refractivity contribution in [2.75, 3.05) is 33.2 Å². The monoisotopic (exact) mass is 366 g/mol. The van der Waals surface area contributed by atoms with Crippen LogP contribution in [0.25, 0.3) is 6.08 Å². The Balaban J connectivity index is 1.78. The summed E-state index contributed by atoms with van der Waals surface area (Å²) in [5.41, 5.74) is 3.19.